The lowest BCUT2D eigenvalue weighted by molar-refractivity contribution is 0.487. The highest BCUT2D eigenvalue weighted by atomic mass is 28.3. The number of nitrogens with zero attached hydrogens (tertiary/aromatic N) is 1. The summed E-state index contributed by atoms with van der Waals surface area (Å²) < 4.78 is 6.72. The average molecular weight is 746 g/mol. The topological polar surface area (TPSA) is 12.5 Å². The SMILES string of the molecule is Cc1cc(C)c(B2c3cc([Si](c4ccccc4)(c4ccccc4)c4ccccc4)ccc3N3c4cccc5c4B(c4ccccc4O5)c4cc(C)cc2c43)c(C)c1. The first-order chi connectivity index (χ1) is 27.9. The highest BCUT2D eigenvalue weighted by Gasteiger charge is 2.48. The minimum absolute atomic E-state index is 0.0271. The summed E-state index contributed by atoms with van der Waals surface area (Å²) in [6.07, 6.45) is 0. The van der Waals surface area contributed by atoms with Gasteiger partial charge in [0.1, 0.15) is 11.5 Å². The smallest absolute Gasteiger partial charge is 0.256 e. The zero-order valence-corrected chi connectivity index (χ0v) is 33.8. The molecule has 0 radical (unpaired) electrons. The standard InChI is InChI=1S/C52H41B2NOSi/c1-34-29-36(3)50(37(4)30-34)54-43-33-41(57(38-17-8-5-9-18-38,39-19-10-6-11-20-39)40-21-12-7-13-22-40)27-28-46(43)55-47-24-16-26-49-51(47)53(42-23-14-15-25-48(42)56-49)44-31-35(2)32-45(54)52(44)55/h5-33H,1-4H3. The van der Waals surface area contributed by atoms with Crippen molar-refractivity contribution >= 4 is 92.1 Å². The summed E-state index contributed by atoms with van der Waals surface area (Å²) in [6, 6.07) is 66.4. The van der Waals surface area contributed by atoms with Crippen LogP contribution in [0.15, 0.2) is 176 Å². The Morgan fingerprint density at radius 3 is 1.54 bits per heavy atom. The molecule has 5 heteroatoms. The van der Waals surface area contributed by atoms with Crippen molar-refractivity contribution in [3.05, 3.63) is 198 Å². The van der Waals surface area contributed by atoms with Crippen LogP contribution in [0.5, 0.6) is 11.5 Å². The third kappa shape index (κ3) is 4.92. The van der Waals surface area contributed by atoms with Gasteiger partial charge in [-0.1, -0.05) is 179 Å². The maximum absolute atomic E-state index is 6.72. The zero-order chi connectivity index (χ0) is 38.4. The molecular formula is C52H41B2NOSi. The van der Waals surface area contributed by atoms with Crippen LogP contribution in [0.3, 0.4) is 0 Å². The summed E-state index contributed by atoms with van der Waals surface area (Å²) in [6.45, 7) is 9.25. The number of hydrogen-bond acceptors (Lipinski definition) is 2. The molecule has 0 spiro atoms. The molecule has 0 bridgehead atoms. The van der Waals surface area contributed by atoms with Gasteiger partial charge in [-0.15, -0.1) is 0 Å². The van der Waals surface area contributed by atoms with Gasteiger partial charge in [0.15, 0.2) is 8.07 Å². The lowest BCUT2D eigenvalue weighted by Gasteiger charge is -2.46. The molecule has 57 heavy (non-hydrogen) atoms. The molecule has 3 aliphatic heterocycles. The predicted octanol–water partition coefficient (Wildman–Crippen LogP) is 5.53. The number of hydrogen-bond donors (Lipinski definition) is 0. The summed E-state index contributed by atoms with van der Waals surface area (Å²) in [5.74, 6) is 1.89. The fraction of sp³-hybridized carbons (Fsp3) is 0.0769. The number of para-hydroxylation sites is 1. The molecule has 3 aliphatic rings. The van der Waals surface area contributed by atoms with E-state index in [1.165, 1.54) is 92.8 Å². The van der Waals surface area contributed by atoms with Gasteiger partial charge >= 0.3 is 0 Å². The third-order valence-electron chi connectivity index (χ3n) is 12.8. The van der Waals surface area contributed by atoms with Crippen LogP contribution in [0.2, 0.25) is 0 Å². The Morgan fingerprint density at radius 2 is 0.930 bits per heavy atom. The molecule has 0 saturated carbocycles. The molecule has 0 amide bonds. The van der Waals surface area contributed by atoms with Gasteiger partial charge in [0, 0.05) is 17.1 Å². The number of aryl methyl sites for hydroxylation is 4. The van der Waals surface area contributed by atoms with Gasteiger partial charge < -0.3 is 9.64 Å². The Labute approximate surface area is 337 Å². The molecule has 0 N–H and O–H groups in total. The summed E-state index contributed by atoms with van der Waals surface area (Å²) in [4.78, 5) is 2.59. The van der Waals surface area contributed by atoms with Crippen LogP contribution in [0, 0.1) is 27.7 Å². The van der Waals surface area contributed by atoms with E-state index in [1.807, 2.05) is 0 Å². The van der Waals surface area contributed by atoms with Gasteiger partial charge in [-0.3, -0.25) is 0 Å². The van der Waals surface area contributed by atoms with Crippen molar-refractivity contribution in [1.29, 1.82) is 0 Å². The van der Waals surface area contributed by atoms with Gasteiger partial charge in [-0.2, -0.15) is 0 Å². The predicted molar refractivity (Wildman–Crippen MR) is 246 cm³/mol. The number of rotatable bonds is 5. The zero-order valence-electron chi connectivity index (χ0n) is 32.8. The molecule has 0 atom stereocenters. The van der Waals surface area contributed by atoms with Crippen molar-refractivity contribution in [3.8, 4) is 11.5 Å². The number of fused-ring (bicyclic) bond motifs is 6. The number of anilines is 3. The fourth-order valence-corrected chi connectivity index (χ4v) is 15.6. The molecule has 0 aliphatic carbocycles. The largest absolute Gasteiger partial charge is 0.458 e. The van der Waals surface area contributed by atoms with Gasteiger partial charge in [0.05, 0.1) is 0 Å². The normalized spacial score (nSPS) is 13.3. The van der Waals surface area contributed by atoms with Crippen molar-refractivity contribution in [2.75, 3.05) is 4.90 Å². The Hall–Kier alpha value is -6.29. The second-order valence-corrected chi connectivity index (χ2v) is 20.1. The van der Waals surface area contributed by atoms with E-state index in [2.05, 4.69) is 209 Å². The van der Waals surface area contributed by atoms with Gasteiger partial charge in [0.25, 0.3) is 6.71 Å². The van der Waals surface area contributed by atoms with Gasteiger partial charge in [-0.25, -0.2) is 0 Å². The van der Waals surface area contributed by atoms with Crippen LogP contribution < -0.4 is 63.2 Å². The first kappa shape index (κ1) is 34.0. The highest BCUT2D eigenvalue weighted by molar-refractivity contribution is 7.20. The lowest BCUT2D eigenvalue weighted by Crippen LogP contribution is -2.75. The summed E-state index contributed by atoms with van der Waals surface area (Å²) >= 11 is 0. The molecule has 3 heterocycles. The Kier molecular flexibility index (Phi) is 7.68. The van der Waals surface area contributed by atoms with Gasteiger partial charge in [-0.05, 0) is 100 Å². The Morgan fingerprint density at radius 1 is 0.404 bits per heavy atom. The highest BCUT2D eigenvalue weighted by Crippen LogP contribution is 2.41. The summed E-state index contributed by atoms with van der Waals surface area (Å²) in [7, 11) is -2.82. The van der Waals surface area contributed by atoms with Crippen LogP contribution in [-0.4, -0.2) is 21.5 Å². The second-order valence-electron chi connectivity index (χ2n) is 16.3. The van der Waals surface area contributed by atoms with Crippen molar-refractivity contribution in [1.82, 2.24) is 0 Å². The van der Waals surface area contributed by atoms with E-state index in [0.717, 1.165) is 11.5 Å². The van der Waals surface area contributed by atoms with Crippen molar-refractivity contribution in [2.24, 2.45) is 0 Å². The van der Waals surface area contributed by atoms with Gasteiger partial charge in [0.2, 0.25) is 6.71 Å². The lowest BCUT2D eigenvalue weighted by atomic mass is 9.29. The van der Waals surface area contributed by atoms with Crippen LogP contribution in [0.4, 0.5) is 17.1 Å². The molecule has 0 saturated heterocycles. The minimum Gasteiger partial charge on any atom is -0.458 e. The molecular weight excluding hydrogens is 704 g/mol. The van der Waals surface area contributed by atoms with E-state index in [9.17, 15) is 0 Å². The first-order valence-electron chi connectivity index (χ1n) is 20.2. The van der Waals surface area contributed by atoms with Crippen molar-refractivity contribution in [3.63, 3.8) is 0 Å². The molecule has 0 fully saturated rings. The van der Waals surface area contributed by atoms with E-state index in [0.29, 0.717) is 0 Å². The van der Waals surface area contributed by atoms with E-state index < -0.39 is 8.07 Å². The first-order valence-corrected chi connectivity index (χ1v) is 22.2. The maximum Gasteiger partial charge on any atom is 0.256 e. The van der Waals surface area contributed by atoms with Crippen LogP contribution >= 0.6 is 0 Å². The minimum atomic E-state index is -2.82. The quantitative estimate of drug-likeness (QED) is 0.170. The fourth-order valence-electron chi connectivity index (χ4n) is 10.8. The Bertz CT molecular complexity index is 2770. The van der Waals surface area contributed by atoms with Crippen LogP contribution in [0.25, 0.3) is 0 Å². The number of benzene rings is 8. The van der Waals surface area contributed by atoms with E-state index in [-0.39, 0.29) is 13.4 Å². The molecule has 0 unspecified atom stereocenters. The van der Waals surface area contributed by atoms with Crippen LogP contribution in [0.1, 0.15) is 22.3 Å². The van der Waals surface area contributed by atoms with E-state index in [4.69, 9.17) is 4.74 Å². The summed E-state index contributed by atoms with van der Waals surface area (Å²) in [5.41, 5.74) is 17.0. The monoisotopic (exact) mass is 745 g/mol. The van der Waals surface area contributed by atoms with Crippen molar-refractivity contribution < 1.29 is 4.74 Å². The molecule has 11 rings (SSSR count). The molecule has 270 valence electrons. The molecule has 8 aromatic carbocycles. The third-order valence-corrected chi connectivity index (χ3v) is 17.6. The van der Waals surface area contributed by atoms with E-state index in [1.54, 1.807) is 0 Å². The molecule has 2 nitrogen and oxygen atoms in total. The second kappa shape index (κ2) is 12.9. The van der Waals surface area contributed by atoms with Crippen molar-refractivity contribution in [2.45, 2.75) is 27.7 Å². The molecule has 8 aromatic rings. The maximum atomic E-state index is 6.72. The molecule has 0 aromatic heterocycles. The Balaban J connectivity index is 1.27. The average Bonchev–Trinajstić information content (AvgIpc) is 3.23. The van der Waals surface area contributed by atoms with E-state index >= 15 is 0 Å². The number of ether oxygens (including phenoxy) is 1. The van der Waals surface area contributed by atoms with Crippen LogP contribution in [-0.2, 0) is 0 Å². The summed E-state index contributed by atoms with van der Waals surface area (Å²) in [5, 5.41) is 5.52.